The van der Waals surface area contributed by atoms with Crippen LogP contribution in [0, 0.1) is 0 Å². The molecule has 2 heteroatoms. The lowest BCUT2D eigenvalue weighted by Gasteiger charge is -2.27. The zero-order valence-electron chi connectivity index (χ0n) is 8.98. The van der Waals surface area contributed by atoms with Crippen LogP contribution in [0.4, 0.5) is 0 Å². The third kappa shape index (κ3) is 1.80. The Morgan fingerprint density at radius 3 is 2.93 bits per heavy atom. The Bertz CT molecular complexity index is 282. The van der Waals surface area contributed by atoms with Gasteiger partial charge in [0.1, 0.15) is 0 Å². The van der Waals surface area contributed by atoms with Crippen LogP contribution in [0.25, 0.3) is 0 Å². The zero-order chi connectivity index (χ0) is 9.97. The van der Waals surface area contributed by atoms with Crippen molar-refractivity contribution >= 4 is 0 Å². The van der Waals surface area contributed by atoms with E-state index in [-0.39, 0.29) is 0 Å². The summed E-state index contributed by atoms with van der Waals surface area (Å²) in [6, 6.07) is 7.39. The topological polar surface area (TPSA) is 16.1 Å². The third-order valence-electron chi connectivity index (χ3n) is 2.99. The third-order valence-corrected chi connectivity index (χ3v) is 2.99. The van der Waals surface area contributed by atoms with Crippen molar-refractivity contribution in [3.63, 3.8) is 0 Å². The predicted octanol–water partition coefficient (Wildman–Crippen LogP) is 2.63. The molecule has 1 aromatic rings. The maximum Gasteiger partial charge on any atom is 0.0575 e. The van der Waals surface area contributed by atoms with Crippen LogP contribution < -0.4 is 0 Å². The maximum atomic E-state index is 4.45. The number of hydrogen-bond donors (Lipinski definition) is 0. The number of aromatic nitrogens is 1. The first kappa shape index (κ1) is 9.66. The van der Waals surface area contributed by atoms with Gasteiger partial charge in [-0.3, -0.25) is 9.88 Å². The molecule has 1 aliphatic heterocycles. The van der Waals surface area contributed by atoms with Crippen LogP contribution in [0.1, 0.15) is 38.4 Å². The van der Waals surface area contributed by atoms with E-state index in [1.165, 1.54) is 25.1 Å². The molecule has 0 unspecified atom stereocenters. The molecular weight excluding hydrogens is 172 g/mol. The quantitative estimate of drug-likeness (QED) is 0.712. The molecule has 76 valence electrons. The number of rotatable bonds is 2. The van der Waals surface area contributed by atoms with E-state index in [0.29, 0.717) is 12.1 Å². The van der Waals surface area contributed by atoms with Crippen molar-refractivity contribution in [1.29, 1.82) is 0 Å². The molecule has 2 heterocycles. The molecule has 14 heavy (non-hydrogen) atoms. The van der Waals surface area contributed by atoms with Gasteiger partial charge in [-0.25, -0.2) is 0 Å². The van der Waals surface area contributed by atoms with Crippen molar-refractivity contribution in [1.82, 2.24) is 9.88 Å². The van der Waals surface area contributed by atoms with Gasteiger partial charge in [-0.05, 0) is 45.4 Å². The first-order valence-corrected chi connectivity index (χ1v) is 5.45. The highest BCUT2D eigenvalue weighted by Crippen LogP contribution is 2.31. The second-order valence-corrected chi connectivity index (χ2v) is 4.24. The van der Waals surface area contributed by atoms with Crippen LogP contribution in [0.2, 0.25) is 0 Å². The number of pyridine rings is 1. The maximum absolute atomic E-state index is 4.45. The average Bonchev–Trinajstić information content (AvgIpc) is 2.67. The molecule has 0 spiro atoms. The summed E-state index contributed by atoms with van der Waals surface area (Å²) in [7, 11) is 0. The first-order valence-electron chi connectivity index (χ1n) is 5.45. The summed E-state index contributed by atoms with van der Waals surface area (Å²) in [6.07, 6.45) is 4.46. The Kier molecular flexibility index (Phi) is 2.82. The number of hydrogen-bond acceptors (Lipinski definition) is 2. The van der Waals surface area contributed by atoms with Gasteiger partial charge < -0.3 is 0 Å². The SMILES string of the molecule is CC(C)N1CCC[C@H]1c1ccccn1. The van der Waals surface area contributed by atoms with E-state index >= 15 is 0 Å². The van der Waals surface area contributed by atoms with E-state index in [1.807, 2.05) is 12.3 Å². The fourth-order valence-electron chi connectivity index (χ4n) is 2.30. The minimum absolute atomic E-state index is 0.552. The van der Waals surface area contributed by atoms with E-state index in [2.05, 4.69) is 35.9 Å². The van der Waals surface area contributed by atoms with E-state index in [9.17, 15) is 0 Å². The minimum atomic E-state index is 0.552. The summed E-state index contributed by atoms with van der Waals surface area (Å²) < 4.78 is 0. The summed E-state index contributed by atoms with van der Waals surface area (Å²) in [5, 5.41) is 0. The largest absolute Gasteiger partial charge is 0.292 e. The van der Waals surface area contributed by atoms with Gasteiger partial charge in [0.15, 0.2) is 0 Å². The standard InChI is InChI=1S/C12H18N2/c1-10(2)14-9-5-7-12(14)11-6-3-4-8-13-11/h3-4,6,8,10,12H,5,7,9H2,1-2H3/t12-/m0/s1. The van der Waals surface area contributed by atoms with Gasteiger partial charge in [0.05, 0.1) is 11.7 Å². The molecule has 1 aliphatic rings. The van der Waals surface area contributed by atoms with Gasteiger partial charge in [-0.15, -0.1) is 0 Å². The molecule has 0 N–H and O–H groups in total. The van der Waals surface area contributed by atoms with E-state index in [1.54, 1.807) is 0 Å². The normalized spacial score (nSPS) is 23.2. The molecule has 2 rings (SSSR count). The van der Waals surface area contributed by atoms with Crippen molar-refractivity contribution < 1.29 is 0 Å². The van der Waals surface area contributed by atoms with Gasteiger partial charge >= 0.3 is 0 Å². The molecule has 0 saturated carbocycles. The molecule has 0 aliphatic carbocycles. The van der Waals surface area contributed by atoms with Crippen molar-refractivity contribution in [2.75, 3.05) is 6.54 Å². The minimum Gasteiger partial charge on any atom is -0.292 e. The van der Waals surface area contributed by atoms with E-state index < -0.39 is 0 Å². The van der Waals surface area contributed by atoms with Gasteiger partial charge in [0, 0.05) is 12.2 Å². The fraction of sp³-hybridized carbons (Fsp3) is 0.583. The Hall–Kier alpha value is -0.890. The summed E-state index contributed by atoms with van der Waals surface area (Å²) in [5.74, 6) is 0. The van der Waals surface area contributed by atoms with Crippen LogP contribution >= 0.6 is 0 Å². The van der Waals surface area contributed by atoms with Gasteiger partial charge in [-0.2, -0.15) is 0 Å². The average molecular weight is 190 g/mol. The Morgan fingerprint density at radius 1 is 1.43 bits per heavy atom. The zero-order valence-corrected chi connectivity index (χ0v) is 8.98. The lowest BCUT2D eigenvalue weighted by Crippen LogP contribution is -2.30. The van der Waals surface area contributed by atoms with E-state index in [4.69, 9.17) is 0 Å². The molecule has 2 nitrogen and oxygen atoms in total. The second-order valence-electron chi connectivity index (χ2n) is 4.24. The molecular formula is C12H18N2. The fourth-order valence-corrected chi connectivity index (χ4v) is 2.30. The lowest BCUT2D eigenvalue weighted by atomic mass is 10.1. The summed E-state index contributed by atoms with van der Waals surface area (Å²) >= 11 is 0. The van der Waals surface area contributed by atoms with Gasteiger partial charge in [-0.1, -0.05) is 6.07 Å². The van der Waals surface area contributed by atoms with Crippen molar-refractivity contribution in [3.8, 4) is 0 Å². The molecule has 1 saturated heterocycles. The molecule has 0 aromatic carbocycles. The highest BCUT2D eigenvalue weighted by atomic mass is 15.2. The van der Waals surface area contributed by atoms with Crippen LogP contribution in [-0.2, 0) is 0 Å². The molecule has 1 fully saturated rings. The smallest absolute Gasteiger partial charge is 0.0575 e. The Labute approximate surface area is 86.0 Å². The van der Waals surface area contributed by atoms with Crippen LogP contribution in [0.15, 0.2) is 24.4 Å². The van der Waals surface area contributed by atoms with Crippen LogP contribution in [0.3, 0.4) is 0 Å². The molecule has 0 radical (unpaired) electrons. The lowest BCUT2D eigenvalue weighted by molar-refractivity contribution is 0.202. The van der Waals surface area contributed by atoms with Crippen molar-refractivity contribution in [2.45, 2.75) is 38.8 Å². The van der Waals surface area contributed by atoms with Gasteiger partial charge in [0.25, 0.3) is 0 Å². The summed E-state index contributed by atoms with van der Waals surface area (Å²) in [4.78, 5) is 7.00. The monoisotopic (exact) mass is 190 g/mol. The highest BCUT2D eigenvalue weighted by Gasteiger charge is 2.28. The summed E-state index contributed by atoms with van der Waals surface area (Å²) in [5.41, 5.74) is 1.23. The van der Waals surface area contributed by atoms with Crippen molar-refractivity contribution in [2.24, 2.45) is 0 Å². The molecule has 1 aromatic heterocycles. The van der Waals surface area contributed by atoms with Gasteiger partial charge in [0.2, 0.25) is 0 Å². The highest BCUT2D eigenvalue weighted by molar-refractivity contribution is 5.10. The van der Waals surface area contributed by atoms with Crippen LogP contribution in [-0.4, -0.2) is 22.5 Å². The predicted molar refractivity (Wildman–Crippen MR) is 58.1 cm³/mol. The molecule has 1 atom stereocenters. The first-order chi connectivity index (χ1) is 6.79. The van der Waals surface area contributed by atoms with Crippen LogP contribution in [0.5, 0.6) is 0 Å². The molecule has 0 bridgehead atoms. The Morgan fingerprint density at radius 2 is 2.29 bits per heavy atom. The summed E-state index contributed by atoms with van der Waals surface area (Å²) in [6.45, 7) is 5.75. The Balaban J connectivity index is 2.18. The second kappa shape index (κ2) is 4.09. The number of nitrogens with zero attached hydrogens (tertiary/aromatic N) is 2. The van der Waals surface area contributed by atoms with E-state index in [0.717, 1.165) is 0 Å². The number of likely N-dealkylation sites (tertiary alicyclic amines) is 1. The molecule has 0 amide bonds. The van der Waals surface area contributed by atoms with Crippen molar-refractivity contribution in [3.05, 3.63) is 30.1 Å².